The van der Waals surface area contributed by atoms with Crippen molar-refractivity contribution in [3.05, 3.63) is 0 Å². The molecule has 0 aliphatic carbocycles. The van der Waals surface area contributed by atoms with Crippen LogP contribution in [0.25, 0.3) is 0 Å². The molecule has 1 saturated heterocycles. The van der Waals surface area contributed by atoms with E-state index in [0.717, 1.165) is 25.4 Å². The van der Waals surface area contributed by atoms with E-state index in [1.54, 1.807) is 0 Å². The van der Waals surface area contributed by atoms with E-state index >= 15 is 0 Å². The lowest BCUT2D eigenvalue weighted by atomic mass is 10.0. The molecule has 3 heteroatoms. The number of nitrogens with two attached hydrogens (primary N) is 1. The predicted octanol–water partition coefficient (Wildman–Crippen LogP) is 1.76. The van der Waals surface area contributed by atoms with Gasteiger partial charge < -0.3 is 10.6 Å². The summed E-state index contributed by atoms with van der Waals surface area (Å²) in [6.07, 6.45) is 5.12. The molecule has 2 atom stereocenters. The van der Waals surface area contributed by atoms with Crippen LogP contribution in [0.5, 0.6) is 0 Å². The summed E-state index contributed by atoms with van der Waals surface area (Å²) in [5, 5.41) is 0. The van der Waals surface area contributed by atoms with Gasteiger partial charge in [0.05, 0.1) is 0 Å². The second-order valence-corrected chi connectivity index (χ2v) is 4.80. The van der Waals surface area contributed by atoms with Crippen LogP contribution in [0, 0.1) is 5.92 Å². The van der Waals surface area contributed by atoms with Crippen molar-refractivity contribution >= 4 is 5.91 Å². The van der Waals surface area contributed by atoms with Crippen molar-refractivity contribution in [2.45, 2.75) is 52.0 Å². The van der Waals surface area contributed by atoms with Gasteiger partial charge in [0.25, 0.3) is 0 Å². The Morgan fingerprint density at radius 1 is 1.60 bits per heavy atom. The quantitative estimate of drug-likeness (QED) is 0.755. The van der Waals surface area contributed by atoms with E-state index in [9.17, 15) is 4.79 Å². The lowest BCUT2D eigenvalue weighted by Gasteiger charge is -2.17. The van der Waals surface area contributed by atoms with Crippen molar-refractivity contribution in [3.63, 3.8) is 0 Å². The molecule has 2 N–H and O–H groups in total. The van der Waals surface area contributed by atoms with Crippen molar-refractivity contribution in [2.24, 2.45) is 11.7 Å². The molecular weight excluding hydrogens is 188 g/mol. The number of amides is 1. The molecule has 0 saturated carbocycles. The van der Waals surface area contributed by atoms with Crippen LogP contribution in [0.2, 0.25) is 0 Å². The lowest BCUT2D eigenvalue weighted by Crippen LogP contribution is -2.30. The van der Waals surface area contributed by atoms with Gasteiger partial charge in [-0.15, -0.1) is 0 Å². The molecule has 0 aromatic carbocycles. The van der Waals surface area contributed by atoms with Gasteiger partial charge >= 0.3 is 0 Å². The summed E-state index contributed by atoms with van der Waals surface area (Å²) in [5.74, 6) is 1.04. The van der Waals surface area contributed by atoms with E-state index in [-0.39, 0.29) is 6.04 Å². The average Bonchev–Trinajstić information content (AvgIpc) is 2.63. The Kier molecular flexibility index (Phi) is 5.09. The molecule has 2 unspecified atom stereocenters. The highest BCUT2D eigenvalue weighted by molar-refractivity contribution is 5.76. The Morgan fingerprint density at radius 3 is 2.93 bits per heavy atom. The van der Waals surface area contributed by atoms with E-state index in [1.165, 1.54) is 19.3 Å². The summed E-state index contributed by atoms with van der Waals surface area (Å²) in [7, 11) is 0. The minimum Gasteiger partial charge on any atom is -0.342 e. The fraction of sp³-hybridized carbons (Fsp3) is 0.917. The molecule has 0 bridgehead atoms. The first kappa shape index (κ1) is 12.5. The maximum absolute atomic E-state index is 11.8. The number of carbonyl (C=O) groups is 1. The highest BCUT2D eigenvalue weighted by Crippen LogP contribution is 2.21. The lowest BCUT2D eigenvalue weighted by molar-refractivity contribution is -0.130. The summed E-state index contributed by atoms with van der Waals surface area (Å²) < 4.78 is 0. The molecule has 1 heterocycles. The molecular formula is C12H24N2O. The maximum atomic E-state index is 11.8. The molecule has 0 radical (unpaired) electrons. The second kappa shape index (κ2) is 6.11. The Labute approximate surface area is 93.0 Å². The minimum absolute atomic E-state index is 0.142. The number of hydrogen-bond acceptors (Lipinski definition) is 2. The predicted molar refractivity (Wildman–Crippen MR) is 62.5 cm³/mol. The Balaban J connectivity index is 2.24. The van der Waals surface area contributed by atoms with Crippen LogP contribution in [0.1, 0.15) is 46.0 Å². The Bertz CT molecular complexity index is 204. The zero-order valence-corrected chi connectivity index (χ0v) is 10.0. The first-order chi connectivity index (χ1) is 7.13. The maximum Gasteiger partial charge on any atom is 0.222 e. The number of nitrogens with zero attached hydrogens (tertiary/aromatic N) is 1. The van der Waals surface area contributed by atoms with Crippen LogP contribution in [0.4, 0.5) is 0 Å². The number of hydrogen-bond donors (Lipinski definition) is 1. The first-order valence-electron chi connectivity index (χ1n) is 6.16. The molecule has 1 aliphatic rings. The van der Waals surface area contributed by atoms with Crippen LogP contribution in [0.15, 0.2) is 0 Å². The van der Waals surface area contributed by atoms with Gasteiger partial charge in [-0.1, -0.05) is 13.3 Å². The van der Waals surface area contributed by atoms with Gasteiger partial charge in [-0.2, -0.15) is 0 Å². The molecule has 88 valence electrons. The molecule has 3 nitrogen and oxygen atoms in total. The van der Waals surface area contributed by atoms with Gasteiger partial charge in [-0.25, -0.2) is 0 Å². The average molecular weight is 212 g/mol. The van der Waals surface area contributed by atoms with Gasteiger partial charge in [-0.05, 0) is 32.1 Å². The van der Waals surface area contributed by atoms with Gasteiger partial charge in [0, 0.05) is 25.6 Å². The Morgan fingerprint density at radius 2 is 2.33 bits per heavy atom. The van der Waals surface area contributed by atoms with Gasteiger partial charge in [0.1, 0.15) is 0 Å². The van der Waals surface area contributed by atoms with Gasteiger partial charge in [-0.3, -0.25) is 4.79 Å². The van der Waals surface area contributed by atoms with Crippen molar-refractivity contribution in [2.75, 3.05) is 13.1 Å². The van der Waals surface area contributed by atoms with Crippen LogP contribution in [0.3, 0.4) is 0 Å². The molecule has 0 spiro atoms. The van der Waals surface area contributed by atoms with Crippen LogP contribution in [-0.4, -0.2) is 29.9 Å². The summed E-state index contributed by atoms with van der Waals surface area (Å²) in [6, 6.07) is 0.142. The second-order valence-electron chi connectivity index (χ2n) is 4.80. The molecule has 1 amide bonds. The third kappa shape index (κ3) is 4.20. The minimum atomic E-state index is 0.142. The van der Waals surface area contributed by atoms with E-state index in [2.05, 4.69) is 6.92 Å². The largest absolute Gasteiger partial charge is 0.342 e. The standard InChI is InChI=1S/C12H24N2O/c1-3-4-11-7-8-14(9-11)12(15)6-5-10(2)13/h10-11H,3-9,13H2,1-2H3. The molecule has 1 aliphatic heterocycles. The molecule has 15 heavy (non-hydrogen) atoms. The number of rotatable bonds is 5. The normalized spacial score (nSPS) is 23.1. The fourth-order valence-electron chi connectivity index (χ4n) is 2.21. The zero-order valence-electron chi connectivity index (χ0n) is 10.0. The SMILES string of the molecule is CCCC1CCN(C(=O)CCC(C)N)C1. The zero-order chi connectivity index (χ0) is 11.3. The number of likely N-dealkylation sites (tertiary alicyclic amines) is 1. The molecule has 1 fully saturated rings. The molecule has 0 aromatic heterocycles. The molecule has 0 aromatic rings. The first-order valence-corrected chi connectivity index (χ1v) is 6.16. The van der Waals surface area contributed by atoms with Gasteiger partial charge in [0.15, 0.2) is 0 Å². The van der Waals surface area contributed by atoms with Crippen molar-refractivity contribution in [1.82, 2.24) is 4.90 Å². The summed E-state index contributed by atoms with van der Waals surface area (Å²) in [4.78, 5) is 13.8. The number of carbonyl (C=O) groups excluding carboxylic acids is 1. The van der Waals surface area contributed by atoms with Crippen molar-refractivity contribution < 1.29 is 4.79 Å². The third-order valence-electron chi connectivity index (χ3n) is 3.15. The fourth-order valence-corrected chi connectivity index (χ4v) is 2.21. The van der Waals surface area contributed by atoms with E-state index < -0.39 is 0 Å². The van der Waals surface area contributed by atoms with Gasteiger partial charge in [0.2, 0.25) is 5.91 Å². The highest BCUT2D eigenvalue weighted by atomic mass is 16.2. The topological polar surface area (TPSA) is 46.3 Å². The monoisotopic (exact) mass is 212 g/mol. The summed E-state index contributed by atoms with van der Waals surface area (Å²) >= 11 is 0. The smallest absolute Gasteiger partial charge is 0.222 e. The summed E-state index contributed by atoms with van der Waals surface area (Å²) in [5.41, 5.74) is 5.64. The molecule has 1 rings (SSSR count). The highest BCUT2D eigenvalue weighted by Gasteiger charge is 2.24. The van der Waals surface area contributed by atoms with E-state index in [1.807, 2.05) is 11.8 Å². The van der Waals surface area contributed by atoms with E-state index in [4.69, 9.17) is 5.73 Å². The Hall–Kier alpha value is -0.570. The third-order valence-corrected chi connectivity index (χ3v) is 3.15. The van der Waals surface area contributed by atoms with Crippen molar-refractivity contribution in [1.29, 1.82) is 0 Å². The van der Waals surface area contributed by atoms with Crippen LogP contribution < -0.4 is 5.73 Å². The van der Waals surface area contributed by atoms with E-state index in [0.29, 0.717) is 12.3 Å². The van der Waals surface area contributed by atoms with Crippen LogP contribution >= 0.6 is 0 Å². The van der Waals surface area contributed by atoms with Crippen molar-refractivity contribution in [3.8, 4) is 0 Å². The summed E-state index contributed by atoms with van der Waals surface area (Å²) in [6.45, 7) is 6.10. The van der Waals surface area contributed by atoms with Crippen LogP contribution in [-0.2, 0) is 4.79 Å².